The van der Waals surface area contributed by atoms with E-state index in [1.165, 1.54) is 11.1 Å². The van der Waals surface area contributed by atoms with E-state index in [0.29, 0.717) is 36.0 Å². The van der Waals surface area contributed by atoms with Crippen molar-refractivity contribution < 1.29 is 33.3 Å². The Hall–Kier alpha value is -6.13. The van der Waals surface area contributed by atoms with E-state index in [2.05, 4.69) is 39.8 Å². The fourth-order valence-corrected chi connectivity index (χ4v) is 7.13. The first-order valence-corrected chi connectivity index (χ1v) is 18.8. The largest absolute Gasteiger partial charge is 0.492 e. The number of hydrogen-bond donors (Lipinski definition) is 2. The number of carbonyl (C=O) groups is 3. The number of para-hydroxylation sites is 2. The molecule has 1 aliphatic heterocycles. The number of benzene rings is 5. The lowest BCUT2D eigenvalue weighted by Crippen LogP contribution is -2.39. The molecule has 0 saturated carbocycles. The van der Waals surface area contributed by atoms with Crippen LogP contribution in [0.5, 0.6) is 17.2 Å². The van der Waals surface area contributed by atoms with Crippen molar-refractivity contribution in [3.05, 3.63) is 144 Å². The van der Waals surface area contributed by atoms with Crippen LogP contribution in [0.25, 0.3) is 11.1 Å². The SMILES string of the molecule is CCOC(=O)C1CCN(CCOc2ccc(Oc3ccccc3NC(=O)c3ccc(CNC(=O)OCC4c5ccccc5-c5ccccc54)cc3)cc2)CC1. The highest BCUT2D eigenvalue weighted by atomic mass is 16.5. The van der Waals surface area contributed by atoms with Gasteiger partial charge in [-0.25, -0.2) is 4.79 Å². The van der Waals surface area contributed by atoms with Crippen molar-refractivity contribution in [1.29, 1.82) is 0 Å². The molecule has 7 rings (SSSR count). The molecule has 5 aromatic carbocycles. The molecule has 5 aromatic rings. The van der Waals surface area contributed by atoms with E-state index < -0.39 is 6.09 Å². The van der Waals surface area contributed by atoms with E-state index in [1.807, 2.05) is 67.6 Å². The molecule has 1 heterocycles. The first-order valence-electron chi connectivity index (χ1n) is 18.8. The van der Waals surface area contributed by atoms with Crippen LogP contribution < -0.4 is 20.1 Å². The third-order valence-electron chi connectivity index (χ3n) is 10.1. The summed E-state index contributed by atoms with van der Waals surface area (Å²) in [5.74, 6) is 1.44. The van der Waals surface area contributed by atoms with E-state index in [1.54, 1.807) is 36.4 Å². The van der Waals surface area contributed by atoms with Crippen LogP contribution in [0.3, 0.4) is 0 Å². The highest BCUT2D eigenvalue weighted by molar-refractivity contribution is 6.05. The van der Waals surface area contributed by atoms with Crippen LogP contribution in [0.4, 0.5) is 10.5 Å². The van der Waals surface area contributed by atoms with Gasteiger partial charge < -0.3 is 29.6 Å². The number of nitrogens with one attached hydrogen (secondary N) is 2. The predicted molar refractivity (Wildman–Crippen MR) is 211 cm³/mol. The molecule has 282 valence electrons. The van der Waals surface area contributed by atoms with Crippen LogP contribution in [-0.4, -0.2) is 62.3 Å². The highest BCUT2D eigenvalue weighted by Crippen LogP contribution is 2.44. The molecule has 0 unspecified atom stereocenters. The first-order chi connectivity index (χ1) is 26.9. The smallest absolute Gasteiger partial charge is 0.407 e. The number of nitrogens with zero attached hydrogens (tertiary/aromatic N) is 1. The summed E-state index contributed by atoms with van der Waals surface area (Å²) in [5, 5.41) is 5.77. The number of alkyl carbamates (subject to hydrolysis) is 1. The van der Waals surface area contributed by atoms with Crippen molar-refractivity contribution in [2.24, 2.45) is 5.92 Å². The van der Waals surface area contributed by atoms with Gasteiger partial charge in [-0.2, -0.15) is 0 Å². The lowest BCUT2D eigenvalue weighted by atomic mass is 9.97. The van der Waals surface area contributed by atoms with Crippen LogP contribution >= 0.6 is 0 Å². The molecule has 55 heavy (non-hydrogen) atoms. The van der Waals surface area contributed by atoms with Crippen molar-refractivity contribution in [2.75, 3.05) is 44.8 Å². The zero-order chi connectivity index (χ0) is 38.0. The molecule has 10 nitrogen and oxygen atoms in total. The van der Waals surface area contributed by atoms with Gasteiger partial charge in [0.15, 0.2) is 5.75 Å². The van der Waals surface area contributed by atoms with Crippen molar-refractivity contribution in [2.45, 2.75) is 32.2 Å². The molecule has 0 bridgehead atoms. The Morgan fingerprint density at radius 2 is 1.36 bits per heavy atom. The number of likely N-dealkylation sites (tertiary alicyclic amines) is 1. The van der Waals surface area contributed by atoms with Crippen LogP contribution in [0.2, 0.25) is 0 Å². The zero-order valence-corrected chi connectivity index (χ0v) is 30.9. The maximum Gasteiger partial charge on any atom is 0.407 e. The monoisotopic (exact) mass is 739 g/mol. The Morgan fingerprint density at radius 3 is 2.05 bits per heavy atom. The fourth-order valence-electron chi connectivity index (χ4n) is 7.13. The highest BCUT2D eigenvalue weighted by Gasteiger charge is 2.29. The van der Waals surface area contributed by atoms with Gasteiger partial charge in [0, 0.05) is 24.6 Å². The normalized spacial score (nSPS) is 14.0. The summed E-state index contributed by atoms with van der Waals surface area (Å²) in [6.45, 7) is 5.78. The predicted octanol–water partition coefficient (Wildman–Crippen LogP) is 8.42. The second kappa shape index (κ2) is 17.8. The molecular weight excluding hydrogens is 695 g/mol. The van der Waals surface area contributed by atoms with Gasteiger partial charge in [0.25, 0.3) is 5.91 Å². The summed E-state index contributed by atoms with van der Waals surface area (Å²) in [6.07, 6.45) is 1.12. The zero-order valence-electron chi connectivity index (χ0n) is 30.9. The minimum Gasteiger partial charge on any atom is -0.492 e. The maximum absolute atomic E-state index is 13.2. The number of carbonyl (C=O) groups excluding carboxylic acids is 3. The third kappa shape index (κ3) is 9.34. The molecule has 10 heteroatoms. The summed E-state index contributed by atoms with van der Waals surface area (Å²) in [4.78, 5) is 40.2. The quantitative estimate of drug-likeness (QED) is 0.109. The average molecular weight is 740 g/mol. The Kier molecular flexibility index (Phi) is 12.0. The van der Waals surface area contributed by atoms with Gasteiger partial charge in [-0.1, -0.05) is 72.8 Å². The second-order valence-corrected chi connectivity index (χ2v) is 13.6. The number of hydrogen-bond acceptors (Lipinski definition) is 8. The Bertz CT molecular complexity index is 2050. The van der Waals surface area contributed by atoms with E-state index in [9.17, 15) is 14.4 Å². The first kappa shape index (κ1) is 37.2. The number of fused-ring (bicyclic) bond motifs is 3. The molecule has 2 aliphatic rings. The van der Waals surface area contributed by atoms with Gasteiger partial charge in [-0.15, -0.1) is 0 Å². The van der Waals surface area contributed by atoms with Crippen LogP contribution in [0, 0.1) is 5.92 Å². The number of piperidine rings is 1. The minimum absolute atomic E-state index is 0.00471. The molecule has 2 amide bonds. The topological polar surface area (TPSA) is 115 Å². The van der Waals surface area contributed by atoms with Gasteiger partial charge in [0.1, 0.15) is 24.7 Å². The van der Waals surface area contributed by atoms with Gasteiger partial charge in [0.05, 0.1) is 18.2 Å². The molecule has 2 N–H and O–H groups in total. The van der Waals surface area contributed by atoms with Gasteiger partial charge in [-0.05, 0) is 109 Å². The minimum atomic E-state index is -0.497. The maximum atomic E-state index is 13.2. The van der Waals surface area contributed by atoms with Gasteiger partial charge >= 0.3 is 12.1 Å². The molecular formula is C45H45N3O7. The van der Waals surface area contributed by atoms with Crippen LogP contribution in [0.1, 0.15) is 52.7 Å². The number of esters is 1. The molecule has 0 radical (unpaired) electrons. The van der Waals surface area contributed by atoms with E-state index >= 15 is 0 Å². The van der Waals surface area contributed by atoms with Crippen molar-refractivity contribution in [3.63, 3.8) is 0 Å². The number of ether oxygens (including phenoxy) is 4. The molecule has 0 spiro atoms. The van der Waals surface area contributed by atoms with Gasteiger partial charge in [-0.3, -0.25) is 14.5 Å². The van der Waals surface area contributed by atoms with Crippen molar-refractivity contribution in [3.8, 4) is 28.4 Å². The number of rotatable bonds is 14. The molecule has 1 fully saturated rings. The Labute approximate surface area is 321 Å². The van der Waals surface area contributed by atoms with Crippen LogP contribution in [-0.2, 0) is 20.8 Å². The fraction of sp³-hybridized carbons (Fsp3) is 0.267. The standard InChI is InChI=1S/C45H45N3O7/c1-2-52-44(50)33-23-25-48(26-24-33)27-28-53-34-19-21-35(22-20-34)55-42-14-8-7-13-41(42)47-43(49)32-17-15-31(16-18-32)29-46-45(51)54-30-40-38-11-5-3-9-36(38)37-10-4-6-12-39(37)40/h3-22,33,40H,2,23-30H2,1H3,(H,46,51)(H,47,49). The van der Waals surface area contributed by atoms with E-state index in [0.717, 1.165) is 54.9 Å². The van der Waals surface area contributed by atoms with E-state index in [4.69, 9.17) is 18.9 Å². The lowest BCUT2D eigenvalue weighted by molar-refractivity contribution is -0.149. The molecule has 1 saturated heterocycles. The lowest BCUT2D eigenvalue weighted by Gasteiger charge is -2.30. The Morgan fingerprint density at radius 1 is 0.727 bits per heavy atom. The summed E-state index contributed by atoms with van der Waals surface area (Å²) in [6, 6.07) is 38.1. The van der Waals surface area contributed by atoms with Gasteiger partial charge in [0.2, 0.25) is 0 Å². The average Bonchev–Trinajstić information content (AvgIpc) is 3.54. The Balaban J connectivity index is 0.849. The second-order valence-electron chi connectivity index (χ2n) is 13.6. The summed E-state index contributed by atoms with van der Waals surface area (Å²) in [5.41, 5.74) is 6.50. The third-order valence-corrected chi connectivity index (χ3v) is 10.1. The van der Waals surface area contributed by atoms with Crippen molar-refractivity contribution in [1.82, 2.24) is 10.2 Å². The molecule has 1 aliphatic carbocycles. The number of anilines is 1. The summed E-state index contributed by atoms with van der Waals surface area (Å²) < 4.78 is 22.9. The van der Waals surface area contributed by atoms with Crippen molar-refractivity contribution >= 4 is 23.7 Å². The molecule has 0 aromatic heterocycles. The summed E-state index contributed by atoms with van der Waals surface area (Å²) >= 11 is 0. The molecule has 0 atom stereocenters. The van der Waals surface area contributed by atoms with E-state index in [-0.39, 0.29) is 36.9 Å². The summed E-state index contributed by atoms with van der Waals surface area (Å²) in [7, 11) is 0. The number of amides is 2. The van der Waals surface area contributed by atoms with Crippen LogP contribution in [0.15, 0.2) is 121 Å².